The number of hydrogen-bond acceptors (Lipinski definition) is 3. The maximum absolute atomic E-state index is 12.1. The van der Waals surface area contributed by atoms with Gasteiger partial charge >= 0.3 is 5.97 Å². The van der Waals surface area contributed by atoms with Crippen LogP contribution in [0, 0.1) is 0 Å². The van der Waals surface area contributed by atoms with Crippen LogP contribution >= 0.6 is 0 Å². The highest BCUT2D eigenvalue weighted by atomic mass is 16.5. The first kappa shape index (κ1) is 15.2. The molecule has 0 saturated heterocycles. The Hall–Kier alpha value is -1.84. The Morgan fingerprint density at radius 1 is 1.16 bits per heavy atom. The highest BCUT2D eigenvalue weighted by Crippen LogP contribution is 2.11. The summed E-state index contributed by atoms with van der Waals surface area (Å²) >= 11 is 0. The minimum atomic E-state index is -0.350. The summed E-state index contributed by atoms with van der Waals surface area (Å²) in [6, 6.07) is 9.93. The van der Waals surface area contributed by atoms with E-state index in [0.29, 0.717) is 6.54 Å². The van der Waals surface area contributed by atoms with Gasteiger partial charge in [-0.1, -0.05) is 30.3 Å². The Bertz CT molecular complexity index is 415. The fourth-order valence-electron chi connectivity index (χ4n) is 1.79. The highest BCUT2D eigenvalue weighted by molar-refractivity contribution is 5.81. The van der Waals surface area contributed by atoms with E-state index in [1.807, 2.05) is 44.2 Å². The number of carbonyl (C=O) groups excluding carboxylic acids is 2. The monoisotopic (exact) mass is 263 g/mol. The highest BCUT2D eigenvalue weighted by Gasteiger charge is 2.18. The molecule has 1 amide bonds. The van der Waals surface area contributed by atoms with Crippen molar-refractivity contribution >= 4 is 11.9 Å². The normalized spacial score (nSPS) is 10.3. The first-order valence-corrected chi connectivity index (χ1v) is 6.44. The number of amides is 1. The lowest BCUT2D eigenvalue weighted by atomic mass is 10.1. The SMILES string of the molecule is COC(=O)CCC(=O)N(Cc1ccccc1)C(C)C. The summed E-state index contributed by atoms with van der Waals surface area (Å²) in [4.78, 5) is 25.0. The average molecular weight is 263 g/mol. The summed E-state index contributed by atoms with van der Waals surface area (Å²) in [5, 5.41) is 0. The Kier molecular flexibility index (Phi) is 6.06. The van der Waals surface area contributed by atoms with Gasteiger partial charge in [0.1, 0.15) is 0 Å². The number of benzene rings is 1. The number of carbonyl (C=O) groups is 2. The summed E-state index contributed by atoms with van der Waals surface area (Å²) in [7, 11) is 1.33. The van der Waals surface area contributed by atoms with Crippen molar-refractivity contribution in [2.75, 3.05) is 7.11 Å². The van der Waals surface area contributed by atoms with Crippen molar-refractivity contribution in [1.82, 2.24) is 4.90 Å². The third-order valence-corrected chi connectivity index (χ3v) is 2.91. The average Bonchev–Trinajstić information content (AvgIpc) is 2.42. The fraction of sp³-hybridized carbons (Fsp3) is 0.467. The molecule has 4 nitrogen and oxygen atoms in total. The van der Waals surface area contributed by atoms with E-state index in [1.165, 1.54) is 7.11 Å². The van der Waals surface area contributed by atoms with Crippen LogP contribution in [0.2, 0.25) is 0 Å². The van der Waals surface area contributed by atoms with Gasteiger partial charge in [-0.25, -0.2) is 0 Å². The van der Waals surface area contributed by atoms with Gasteiger partial charge < -0.3 is 9.64 Å². The molecule has 0 radical (unpaired) electrons. The van der Waals surface area contributed by atoms with Gasteiger partial charge in [0.25, 0.3) is 0 Å². The minimum absolute atomic E-state index is 0.0238. The van der Waals surface area contributed by atoms with Crippen LogP contribution in [-0.4, -0.2) is 29.9 Å². The molecule has 104 valence electrons. The fourth-order valence-corrected chi connectivity index (χ4v) is 1.79. The molecule has 4 heteroatoms. The first-order chi connectivity index (χ1) is 9.04. The lowest BCUT2D eigenvalue weighted by Gasteiger charge is -2.27. The van der Waals surface area contributed by atoms with Crippen LogP contribution in [-0.2, 0) is 20.9 Å². The van der Waals surface area contributed by atoms with Crippen molar-refractivity contribution in [3.05, 3.63) is 35.9 Å². The number of rotatable bonds is 6. The van der Waals surface area contributed by atoms with E-state index in [1.54, 1.807) is 4.90 Å². The molecule has 0 saturated carbocycles. The summed E-state index contributed by atoms with van der Waals surface area (Å²) < 4.78 is 4.55. The van der Waals surface area contributed by atoms with E-state index in [9.17, 15) is 9.59 Å². The van der Waals surface area contributed by atoms with Gasteiger partial charge in [-0.15, -0.1) is 0 Å². The van der Waals surface area contributed by atoms with E-state index >= 15 is 0 Å². The summed E-state index contributed by atoms with van der Waals surface area (Å²) in [5.74, 6) is -0.374. The standard InChI is InChI=1S/C15H21NO3/c1-12(2)16(11-13-7-5-4-6-8-13)14(17)9-10-15(18)19-3/h4-8,12H,9-11H2,1-3H3. The van der Waals surface area contributed by atoms with Crippen LogP contribution in [0.3, 0.4) is 0 Å². The van der Waals surface area contributed by atoms with Crippen molar-refractivity contribution in [3.63, 3.8) is 0 Å². The van der Waals surface area contributed by atoms with Crippen LogP contribution in [0.4, 0.5) is 0 Å². The van der Waals surface area contributed by atoms with Crippen LogP contribution in [0.1, 0.15) is 32.3 Å². The van der Waals surface area contributed by atoms with Crippen molar-refractivity contribution in [2.45, 2.75) is 39.3 Å². The van der Waals surface area contributed by atoms with Crippen molar-refractivity contribution in [3.8, 4) is 0 Å². The lowest BCUT2D eigenvalue weighted by Crippen LogP contribution is -2.36. The van der Waals surface area contributed by atoms with E-state index in [-0.39, 0.29) is 30.8 Å². The largest absolute Gasteiger partial charge is 0.469 e. The summed E-state index contributed by atoms with van der Waals surface area (Å²) in [6.45, 7) is 4.51. The molecule has 19 heavy (non-hydrogen) atoms. The molecule has 0 heterocycles. The van der Waals surface area contributed by atoms with Gasteiger partial charge in [-0.05, 0) is 19.4 Å². The van der Waals surface area contributed by atoms with Gasteiger partial charge in [0.05, 0.1) is 13.5 Å². The summed E-state index contributed by atoms with van der Waals surface area (Å²) in [6.07, 6.45) is 0.324. The van der Waals surface area contributed by atoms with Crippen LogP contribution in [0.15, 0.2) is 30.3 Å². The third-order valence-electron chi connectivity index (χ3n) is 2.91. The maximum Gasteiger partial charge on any atom is 0.306 e. The molecule has 0 bridgehead atoms. The number of ether oxygens (including phenoxy) is 1. The molecule has 1 aromatic carbocycles. The second kappa shape index (κ2) is 7.56. The molecule has 0 fully saturated rings. The first-order valence-electron chi connectivity index (χ1n) is 6.44. The molecule has 0 unspecified atom stereocenters. The minimum Gasteiger partial charge on any atom is -0.469 e. The van der Waals surface area contributed by atoms with Gasteiger partial charge in [0.2, 0.25) is 5.91 Å². The van der Waals surface area contributed by atoms with Crippen molar-refractivity contribution in [1.29, 1.82) is 0 Å². The molecule has 0 aromatic heterocycles. The molecule has 0 atom stereocenters. The summed E-state index contributed by atoms with van der Waals surface area (Å²) in [5.41, 5.74) is 1.09. The Morgan fingerprint density at radius 3 is 2.32 bits per heavy atom. The van der Waals surface area contributed by atoms with Gasteiger partial charge in [-0.3, -0.25) is 9.59 Å². The molecular formula is C15H21NO3. The molecule has 0 spiro atoms. The number of esters is 1. The van der Waals surface area contributed by atoms with Gasteiger partial charge in [0.15, 0.2) is 0 Å². The van der Waals surface area contributed by atoms with E-state index < -0.39 is 0 Å². The zero-order valence-corrected chi connectivity index (χ0v) is 11.8. The van der Waals surface area contributed by atoms with Crippen LogP contribution < -0.4 is 0 Å². The molecule has 1 rings (SSSR count). The molecule has 0 N–H and O–H groups in total. The molecule has 0 aliphatic heterocycles. The predicted octanol–water partition coefficient (Wildman–Crippen LogP) is 2.38. The quantitative estimate of drug-likeness (QED) is 0.740. The number of hydrogen-bond donors (Lipinski definition) is 0. The van der Waals surface area contributed by atoms with E-state index in [4.69, 9.17) is 0 Å². The Balaban J connectivity index is 2.62. The van der Waals surface area contributed by atoms with Crippen molar-refractivity contribution in [2.24, 2.45) is 0 Å². The molecule has 0 aliphatic rings. The molecular weight excluding hydrogens is 242 g/mol. The Morgan fingerprint density at radius 2 is 1.79 bits per heavy atom. The zero-order valence-electron chi connectivity index (χ0n) is 11.8. The second-order valence-electron chi connectivity index (χ2n) is 4.68. The predicted molar refractivity (Wildman–Crippen MR) is 73.4 cm³/mol. The number of nitrogens with zero attached hydrogens (tertiary/aromatic N) is 1. The van der Waals surface area contributed by atoms with E-state index in [0.717, 1.165) is 5.56 Å². The lowest BCUT2D eigenvalue weighted by molar-refractivity contribution is -0.144. The van der Waals surface area contributed by atoms with Crippen LogP contribution in [0.25, 0.3) is 0 Å². The zero-order chi connectivity index (χ0) is 14.3. The van der Waals surface area contributed by atoms with Gasteiger partial charge in [-0.2, -0.15) is 0 Å². The van der Waals surface area contributed by atoms with Gasteiger partial charge in [0, 0.05) is 19.0 Å². The second-order valence-corrected chi connectivity index (χ2v) is 4.68. The number of methoxy groups -OCH3 is 1. The maximum atomic E-state index is 12.1. The van der Waals surface area contributed by atoms with Crippen LogP contribution in [0.5, 0.6) is 0 Å². The topological polar surface area (TPSA) is 46.6 Å². The molecule has 0 aliphatic carbocycles. The van der Waals surface area contributed by atoms with Crippen molar-refractivity contribution < 1.29 is 14.3 Å². The smallest absolute Gasteiger partial charge is 0.306 e. The van der Waals surface area contributed by atoms with E-state index in [2.05, 4.69) is 4.74 Å². The molecule has 1 aromatic rings. The Labute approximate surface area is 114 Å². The third kappa shape index (κ3) is 5.12.